The Hall–Kier alpha value is -3.70. The molecule has 0 saturated heterocycles. The van der Waals surface area contributed by atoms with Gasteiger partial charge < -0.3 is 10.1 Å². The van der Waals surface area contributed by atoms with Gasteiger partial charge in [-0.15, -0.1) is 0 Å². The van der Waals surface area contributed by atoms with Gasteiger partial charge >= 0.3 is 5.97 Å². The van der Waals surface area contributed by atoms with Crippen molar-refractivity contribution in [1.82, 2.24) is 10.3 Å². The molecule has 0 radical (unpaired) electrons. The number of benzene rings is 3. The second-order valence-electron chi connectivity index (χ2n) is 6.88. The number of carbonyl (C=O) groups excluding carboxylic acids is 2. The zero-order valence-corrected chi connectivity index (χ0v) is 17.3. The van der Waals surface area contributed by atoms with Gasteiger partial charge in [0.15, 0.2) is 6.61 Å². The van der Waals surface area contributed by atoms with Gasteiger partial charge in [0.05, 0.1) is 16.8 Å². The molecule has 0 fully saturated rings. The summed E-state index contributed by atoms with van der Waals surface area (Å²) in [5.41, 5.74) is 3.38. The molecule has 3 aromatic carbocycles. The standard InChI is InChI=1S/C25H19ClN2O3/c26-21-12-6-4-10-18(21)15-27-24(29)16-31-25(30)20-14-23(17-8-2-1-3-9-17)28-22-13-7-5-11-19(20)22/h1-14H,15-16H2,(H,27,29). The van der Waals surface area contributed by atoms with E-state index in [-0.39, 0.29) is 13.2 Å². The molecule has 0 unspecified atom stereocenters. The van der Waals surface area contributed by atoms with Crippen LogP contribution in [0.4, 0.5) is 0 Å². The molecular formula is C25H19ClN2O3. The van der Waals surface area contributed by atoms with Crippen molar-refractivity contribution >= 4 is 34.4 Å². The number of fused-ring (bicyclic) bond motifs is 1. The monoisotopic (exact) mass is 430 g/mol. The molecule has 1 aromatic heterocycles. The number of hydrogen-bond acceptors (Lipinski definition) is 4. The summed E-state index contributed by atoms with van der Waals surface area (Å²) in [4.78, 5) is 29.7. The summed E-state index contributed by atoms with van der Waals surface area (Å²) in [5, 5.41) is 3.94. The molecule has 1 N–H and O–H groups in total. The highest BCUT2D eigenvalue weighted by molar-refractivity contribution is 6.31. The van der Waals surface area contributed by atoms with Crippen LogP contribution in [0.3, 0.4) is 0 Å². The topological polar surface area (TPSA) is 68.3 Å². The molecule has 1 amide bonds. The van der Waals surface area contributed by atoms with Gasteiger partial charge in [0.1, 0.15) is 0 Å². The van der Waals surface area contributed by atoms with Crippen LogP contribution < -0.4 is 5.32 Å². The number of carbonyl (C=O) groups is 2. The summed E-state index contributed by atoms with van der Waals surface area (Å²) in [6, 6.07) is 25.9. The van der Waals surface area contributed by atoms with Crippen molar-refractivity contribution in [3.05, 3.63) is 101 Å². The normalized spacial score (nSPS) is 10.6. The summed E-state index contributed by atoms with van der Waals surface area (Å²) in [6.07, 6.45) is 0. The van der Waals surface area contributed by atoms with Gasteiger partial charge in [-0.3, -0.25) is 4.79 Å². The van der Waals surface area contributed by atoms with Crippen molar-refractivity contribution in [2.24, 2.45) is 0 Å². The number of pyridine rings is 1. The van der Waals surface area contributed by atoms with Gasteiger partial charge in [-0.1, -0.05) is 78.3 Å². The average Bonchev–Trinajstić information content (AvgIpc) is 2.82. The quantitative estimate of drug-likeness (QED) is 0.436. The minimum Gasteiger partial charge on any atom is -0.452 e. The molecule has 0 aliphatic carbocycles. The number of hydrogen-bond donors (Lipinski definition) is 1. The molecule has 0 aliphatic heterocycles. The van der Waals surface area contributed by atoms with Gasteiger partial charge in [-0.25, -0.2) is 9.78 Å². The van der Waals surface area contributed by atoms with Crippen molar-refractivity contribution < 1.29 is 14.3 Å². The van der Waals surface area contributed by atoms with Crippen LogP contribution in [-0.2, 0) is 16.1 Å². The van der Waals surface area contributed by atoms with Gasteiger partial charge in [0.25, 0.3) is 5.91 Å². The molecule has 0 spiro atoms. The van der Waals surface area contributed by atoms with Crippen LogP contribution in [-0.4, -0.2) is 23.5 Å². The number of aromatic nitrogens is 1. The zero-order chi connectivity index (χ0) is 21.6. The number of nitrogens with zero attached hydrogens (tertiary/aromatic N) is 1. The van der Waals surface area contributed by atoms with E-state index >= 15 is 0 Å². The number of para-hydroxylation sites is 1. The van der Waals surface area contributed by atoms with Crippen molar-refractivity contribution in [3.8, 4) is 11.3 Å². The Bertz CT molecular complexity index is 1240. The first-order valence-corrected chi connectivity index (χ1v) is 10.1. The van der Waals surface area contributed by atoms with Crippen LogP contribution in [0.2, 0.25) is 5.02 Å². The molecule has 31 heavy (non-hydrogen) atoms. The fraction of sp³-hybridized carbons (Fsp3) is 0.0800. The molecule has 0 saturated carbocycles. The summed E-state index contributed by atoms with van der Waals surface area (Å²) >= 11 is 6.09. The van der Waals surface area contributed by atoms with Crippen molar-refractivity contribution in [1.29, 1.82) is 0 Å². The van der Waals surface area contributed by atoms with E-state index in [1.54, 1.807) is 12.1 Å². The predicted molar refractivity (Wildman–Crippen MR) is 121 cm³/mol. The molecule has 154 valence electrons. The van der Waals surface area contributed by atoms with Crippen LogP contribution in [0.1, 0.15) is 15.9 Å². The molecule has 0 bridgehead atoms. The Morgan fingerprint density at radius 3 is 2.42 bits per heavy atom. The number of rotatable bonds is 6. The minimum atomic E-state index is -0.580. The Labute approximate surface area is 184 Å². The Kier molecular flexibility index (Phi) is 6.24. The third-order valence-corrected chi connectivity index (χ3v) is 5.14. The number of esters is 1. The van der Waals surface area contributed by atoms with E-state index in [1.807, 2.05) is 72.8 Å². The first-order valence-electron chi connectivity index (χ1n) is 9.74. The smallest absolute Gasteiger partial charge is 0.339 e. The second kappa shape index (κ2) is 9.41. The highest BCUT2D eigenvalue weighted by atomic mass is 35.5. The largest absolute Gasteiger partial charge is 0.452 e. The number of amides is 1. The van der Waals surface area contributed by atoms with E-state index in [0.717, 1.165) is 11.1 Å². The van der Waals surface area contributed by atoms with E-state index in [2.05, 4.69) is 10.3 Å². The van der Waals surface area contributed by atoms with Crippen molar-refractivity contribution in [2.45, 2.75) is 6.54 Å². The zero-order valence-electron chi connectivity index (χ0n) is 16.5. The molecule has 4 rings (SSSR count). The van der Waals surface area contributed by atoms with Crippen LogP contribution in [0.5, 0.6) is 0 Å². The fourth-order valence-electron chi connectivity index (χ4n) is 3.20. The summed E-state index contributed by atoms with van der Waals surface area (Å²) in [5.74, 6) is -0.987. The van der Waals surface area contributed by atoms with Crippen LogP contribution >= 0.6 is 11.6 Å². The number of nitrogens with one attached hydrogen (secondary N) is 1. The van der Waals surface area contributed by atoms with Crippen molar-refractivity contribution in [3.63, 3.8) is 0 Å². The lowest BCUT2D eigenvalue weighted by Crippen LogP contribution is -2.28. The molecule has 0 aliphatic rings. The number of ether oxygens (including phenoxy) is 1. The fourth-order valence-corrected chi connectivity index (χ4v) is 3.40. The van der Waals surface area contributed by atoms with Crippen molar-refractivity contribution in [2.75, 3.05) is 6.61 Å². The van der Waals surface area contributed by atoms with Gasteiger partial charge in [0, 0.05) is 22.5 Å². The predicted octanol–water partition coefficient (Wildman–Crippen LogP) is 5.03. The van der Waals surface area contributed by atoms with E-state index in [1.165, 1.54) is 0 Å². The Morgan fingerprint density at radius 2 is 1.61 bits per heavy atom. The highest BCUT2D eigenvalue weighted by Crippen LogP contribution is 2.25. The Morgan fingerprint density at radius 1 is 0.903 bits per heavy atom. The maximum absolute atomic E-state index is 12.8. The molecule has 4 aromatic rings. The maximum atomic E-state index is 12.8. The Balaban J connectivity index is 1.49. The minimum absolute atomic E-state index is 0.256. The lowest BCUT2D eigenvalue weighted by molar-refractivity contribution is -0.124. The third kappa shape index (κ3) is 4.90. The van der Waals surface area contributed by atoms with Gasteiger partial charge in [-0.2, -0.15) is 0 Å². The van der Waals surface area contributed by atoms with Gasteiger partial charge in [0.2, 0.25) is 0 Å². The second-order valence-corrected chi connectivity index (χ2v) is 7.29. The van der Waals surface area contributed by atoms with E-state index in [0.29, 0.717) is 27.2 Å². The molecule has 0 atom stereocenters. The molecule has 6 heteroatoms. The average molecular weight is 431 g/mol. The van der Waals surface area contributed by atoms with Crippen LogP contribution in [0, 0.1) is 0 Å². The summed E-state index contributed by atoms with van der Waals surface area (Å²) in [6.45, 7) is -0.132. The number of halogens is 1. The molecule has 1 heterocycles. The van der Waals surface area contributed by atoms with Crippen LogP contribution in [0.15, 0.2) is 84.9 Å². The SMILES string of the molecule is O=C(COC(=O)c1cc(-c2ccccc2)nc2ccccc12)NCc1ccccc1Cl. The maximum Gasteiger partial charge on any atom is 0.339 e. The van der Waals surface area contributed by atoms with E-state index in [9.17, 15) is 9.59 Å². The first-order chi connectivity index (χ1) is 15.1. The summed E-state index contributed by atoms with van der Waals surface area (Å²) < 4.78 is 5.30. The lowest BCUT2D eigenvalue weighted by atomic mass is 10.0. The van der Waals surface area contributed by atoms with E-state index in [4.69, 9.17) is 16.3 Å². The first kappa shape index (κ1) is 20.6. The molecule has 5 nitrogen and oxygen atoms in total. The van der Waals surface area contributed by atoms with Crippen LogP contribution in [0.25, 0.3) is 22.2 Å². The lowest BCUT2D eigenvalue weighted by Gasteiger charge is -2.11. The third-order valence-electron chi connectivity index (χ3n) is 4.77. The van der Waals surface area contributed by atoms with E-state index < -0.39 is 11.9 Å². The van der Waals surface area contributed by atoms with Gasteiger partial charge in [-0.05, 0) is 23.8 Å². The highest BCUT2D eigenvalue weighted by Gasteiger charge is 2.16. The molecular weight excluding hydrogens is 412 g/mol. The summed E-state index contributed by atoms with van der Waals surface area (Å²) in [7, 11) is 0.